The SMILES string of the molecule is COc1cc([C@H]2c3c(cc(OC)c(O)c3OC)C[C@H](CO)[C@@H]2CO[C@@H]2OC[C@@H](O)[C@@H](O)[C@H]2O)cc(OC)c1O. The monoisotopic (exact) mass is 552 g/mol. The molecule has 7 atom stereocenters. The summed E-state index contributed by atoms with van der Waals surface area (Å²) < 4.78 is 33.2. The molecule has 216 valence electrons. The molecule has 0 bridgehead atoms. The van der Waals surface area contributed by atoms with Gasteiger partial charge < -0.3 is 59.1 Å². The van der Waals surface area contributed by atoms with E-state index in [-0.39, 0.29) is 60.2 Å². The topological polar surface area (TPSA) is 177 Å². The van der Waals surface area contributed by atoms with Gasteiger partial charge in [-0.05, 0) is 47.6 Å². The van der Waals surface area contributed by atoms with E-state index in [9.17, 15) is 30.6 Å². The van der Waals surface area contributed by atoms with Crippen molar-refractivity contribution in [1.82, 2.24) is 0 Å². The maximum absolute atomic E-state index is 11.0. The molecule has 0 radical (unpaired) electrons. The maximum Gasteiger partial charge on any atom is 0.201 e. The number of hydrogen-bond donors (Lipinski definition) is 6. The zero-order chi connectivity index (χ0) is 28.4. The minimum Gasteiger partial charge on any atom is -0.502 e. The van der Waals surface area contributed by atoms with Gasteiger partial charge in [0.25, 0.3) is 0 Å². The first-order chi connectivity index (χ1) is 18.7. The molecule has 0 saturated carbocycles. The molecule has 2 aromatic carbocycles. The molecule has 1 heterocycles. The molecule has 1 fully saturated rings. The Hall–Kier alpha value is -3.00. The summed E-state index contributed by atoms with van der Waals surface area (Å²) in [6.45, 7) is -0.504. The van der Waals surface area contributed by atoms with E-state index in [1.165, 1.54) is 28.4 Å². The molecule has 0 aromatic heterocycles. The Kier molecular flexibility index (Phi) is 8.94. The number of rotatable bonds is 9. The van der Waals surface area contributed by atoms with Gasteiger partial charge in [0.2, 0.25) is 11.5 Å². The number of aliphatic hydroxyl groups excluding tert-OH is 4. The molecular formula is C27H36O12. The van der Waals surface area contributed by atoms with Gasteiger partial charge in [-0.15, -0.1) is 0 Å². The molecule has 0 unspecified atom stereocenters. The van der Waals surface area contributed by atoms with Gasteiger partial charge in [0.1, 0.15) is 18.3 Å². The highest BCUT2D eigenvalue weighted by Gasteiger charge is 2.44. The third-order valence-electron chi connectivity index (χ3n) is 7.60. The summed E-state index contributed by atoms with van der Waals surface area (Å²) in [6.07, 6.45) is -5.04. The first-order valence-electron chi connectivity index (χ1n) is 12.5. The summed E-state index contributed by atoms with van der Waals surface area (Å²) in [5.74, 6) is -1.16. The van der Waals surface area contributed by atoms with Crippen LogP contribution in [0.25, 0.3) is 0 Å². The summed E-state index contributed by atoms with van der Waals surface area (Å²) >= 11 is 0. The Bertz CT molecular complexity index is 1130. The molecule has 4 rings (SSSR count). The minimum atomic E-state index is -1.49. The summed E-state index contributed by atoms with van der Waals surface area (Å²) in [6, 6.07) is 4.96. The molecular weight excluding hydrogens is 516 g/mol. The number of fused-ring (bicyclic) bond motifs is 1. The number of methoxy groups -OCH3 is 4. The Balaban J connectivity index is 1.86. The van der Waals surface area contributed by atoms with Crippen LogP contribution in [0.2, 0.25) is 0 Å². The normalized spacial score (nSPS) is 28.5. The fraction of sp³-hybridized carbons (Fsp3) is 0.556. The average molecular weight is 553 g/mol. The van der Waals surface area contributed by atoms with Gasteiger partial charge in [0, 0.05) is 18.1 Å². The van der Waals surface area contributed by atoms with Crippen LogP contribution < -0.4 is 18.9 Å². The standard InChI is InChI=1S/C27H36O12/c1-34-17-7-13(8-18(35-2)23(17)31)20-15(10-38-27-25(33)22(30)16(29)11-39-27)14(9-28)5-12-6-19(36-3)24(32)26(37-4)21(12)20/h6-8,14-16,20,22,25,27-33H,5,9-11H2,1-4H3/t14-,15+,16-,20-,22-,25-,27-/m1/s1. The van der Waals surface area contributed by atoms with E-state index in [4.69, 9.17) is 28.4 Å². The maximum atomic E-state index is 11.0. The summed E-state index contributed by atoms with van der Waals surface area (Å²) in [5.41, 5.74) is 1.99. The Labute approximate surface area is 225 Å². The zero-order valence-electron chi connectivity index (χ0n) is 22.2. The Morgan fingerprint density at radius 1 is 0.846 bits per heavy atom. The lowest BCUT2D eigenvalue weighted by atomic mass is 9.66. The van der Waals surface area contributed by atoms with Gasteiger partial charge in [0.15, 0.2) is 29.3 Å². The summed E-state index contributed by atoms with van der Waals surface area (Å²) in [5, 5.41) is 62.3. The van der Waals surface area contributed by atoms with Gasteiger partial charge in [-0.3, -0.25) is 0 Å². The molecule has 0 amide bonds. The van der Waals surface area contributed by atoms with Crippen molar-refractivity contribution in [2.24, 2.45) is 11.8 Å². The lowest BCUT2D eigenvalue weighted by Gasteiger charge is -2.42. The van der Waals surface area contributed by atoms with Crippen LogP contribution in [0.15, 0.2) is 18.2 Å². The van der Waals surface area contributed by atoms with E-state index in [1.54, 1.807) is 18.2 Å². The molecule has 12 heteroatoms. The molecule has 6 N–H and O–H groups in total. The smallest absolute Gasteiger partial charge is 0.201 e. The van der Waals surface area contributed by atoms with Crippen molar-refractivity contribution in [3.05, 3.63) is 34.9 Å². The minimum absolute atomic E-state index is 0.0542. The predicted octanol–water partition coefficient (Wildman–Crippen LogP) is 0.500. The second-order valence-electron chi connectivity index (χ2n) is 9.68. The molecule has 2 aliphatic rings. The number of hydrogen-bond acceptors (Lipinski definition) is 12. The van der Waals surface area contributed by atoms with Crippen LogP contribution in [-0.2, 0) is 15.9 Å². The molecule has 39 heavy (non-hydrogen) atoms. The predicted molar refractivity (Wildman–Crippen MR) is 136 cm³/mol. The zero-order valence-corrected chi connectivity index (χ0v) is 22.2. The van der Waals surface area contributed by atoms with E-state index < -0.39 is 36.4 Å². The largest absolute Gasteiger partial charge is 0.502 e. The average Bonchev–Trinajstić information content (AvgIpc) is 2.94. The van der Waals surface area contributed by atoms with Crippen molar-refractivity contribution in [2.75, 3.05) is 48.3 Å². The lowest BCUT2D eigenvalue weighted by Crippen LogP contribution is -2.54. The Morgan fingerprint density at radius 3 is 2.03 bits per heavy atom. The van der Waals surface area contributed by atoms with Gasteiger partial charge in [0.05, 0.1) is 41.7 Å². The van der Waals surface area contributed by atoms with Crippen molar-refractivity contribution in [3.8, 4) is 34.5 Å². The van der Waals surface area contributed by atoms with Crippen LogP contribution >= 0.6 is 0 Å². The van der Waals surface area contributed by atoms with E-state index in [0.717, 1.165) is 5.56 Å². The fourth-order valence-electron chi connectivity index (χ4n) is 5.55. The summed E-state index contributed by atoms with van der Waals surface area (Å²) in [7, 11) is 5.66. The quantitative estimate of drug-likeness (QED) is 0.254. The fourth-order valence-corrected chi connectivity index (χ4v) is 5.55. The van der Waals surface area contributed by atoms with Gasteiger partial charge >= 0.3 is 0 Å². The molecule has 1 saturated heterocycles. The summed E-state index contributed by atoms with van der Waals surface area (Å²) in [4.78, 5) is 0. The number of benzene rings is 2. The highest BCUT2D eigenvalue weighted by molar-refractivity contribution is 5.64. The van der Waals surface area contributed by atoms with E-state index in [0.29, 0.717) is 17.5 Å². The van der Waals surface area contributed by atoms with Crippen LogP contribution in [0.3, 0.4) is 0 Å². The van der Waals surface area contributed by atoms with Crippen molar-refractivity contribution in [1.29, 1.82) is 0 Å². The lowest BCUT2D eigenvalue weighted by molar-refractivity contribution is -0.274. The molecule has 12 nitrogen and oxygen atoms in total. The number of aliphatic hydroxyl groups is 4. The first-order valence-corrected chi connectivity index (χ1v) is 12.5. The number of ether oxygens (including phenoxy) is 6. The highest BCUT2D eigenvalue weighted by atomic mass is 16.7. The molecule has 2 aromatic rings. The highest BCUT2D eigenvalue weighted by Crippen LogP contribution is 2.54. The van der Waals surface area contributed by atoms with Crippen molar-refractivity contribution in [2.45, 2.75) is 36.9 Å². The third kappa shape index (κ3) is 5.28. The third-order valence-corrected chi connectivity index (χ3v) is 7.60. The van der Waals surface area contributed by atoms with Crippen LogP contribution in [0, 0.1) is 11.8 Å². The van der Waals surface area contributed by atoms with Crippen molar-refractivity contribution < 1.29 is 59.1 Å². The molecule has 0 spiro atoms. The van der Waals surface area contributed by atoms with Crippen LogP contribution in [0.4, 0.5) is 0 Å². The number of aromatic hydroxyl groups is 2. The van der Waals surface area contributed by atoms with E-state index >= 15 is 0 Å². The number of phenols is 2. The van der Waals surface area contributed by atoms with Crippen LogP contribution in [-0.4, -0.2) is 104 Å². The second kappa shape index (κ2) is 12.0. The molecule has 1 aliphatic heterocycles. The van der Waals surface area contributed by atoms with Gasteiger partial charge in [-0.2, -0.15) is 0 Å². The van der Waals surface area contributed by atoms with Gasteiger partial charge in [-0.1, -0.05) is 0 Å². The van der Waals surface area contributed by atoms with Gasteiger partial charge in [-0.25, -0.2) is 0 Å². The van der Waals surface area contributed by atoms with Crippen LogP contribution in [0.1, 0.15) is 22.6 Å². The van der Waals surface area contributed by atoms with E-state index in [2.05, 4.69) is 0 Å². The number of phenolic OH excluding ortho intramolecular Hbond substituents is 2. The van der Waals surface area contributed by atoms with Crippen molar-refractivity contribution >= 4 is 0 Å². The second-order valence-corrected chi connectivity index (χ2v) is 9.68. The molecule has 1 aliphatic carbocycles. The Morgan fingerprint density at radius 2 is 1.46 bits per heavy atom. The van der Waals surface area contributed by atoms with E-state index in [1.807, 2.05) is 0 Å². The van der Waals surface area contributed by atoms with Crippen molar-refractivity contribution in [3.63, 3.8) is 0 Å². The van der Waals surface area contributed by atoms with Crippen LogP contribution in [0.5, 0.6) is 34.5 Å². The first kappa shape index (κ1) is 29.0.